The van der Waals surface area contributed by atoms with Gasteiger partial charge in [-0.05, 0) is 37.5 Å². The van der Waals surface area contributed by atoms with E-state index < -0.39 is 0 Å². The molecule has 2 aromatic heterocycles. The van der Waals surface area contributed by atoms with Crippen LogP contribution in [-0.4, -0.2) is 40.6 Å². The van der Waals surface area contributed by atoms with Gasteiger partial charge in [0.25, 0.3) is 5.91 Å². The third-order valence-electron chi connectivity index (χ3n) is 5.15. The third-order valence-corrected chi connectivity index (χ3v) is 5.15. The number of aliphatic hydroxyl groups is 1. The molecule has 148 valence electrons. The Hall–Kier alpha value is -2.86. The Labute approximate surface area is 165 Å². The number of anilines is 1. The van der Waals surface area contributed by atoms with Crippen LogP contribution in [0.15, 0.2) is 36.5 Å². The number of aliphatic hydroxyl groups excluding tert-OH is 1. The second-order valence-corrected chi connectivity index (χ2v) is 7.05. The van der Waals surface area contributed by atoms with Gasteiger partial charge in [-0.2, -0.15) is 0 Å². The third kappa shape index (κ3) is 3.87. The van der Waals surface area contributed by atoms with Crippen molar-refractivity contribution >= 4 is 17.2 Å². The molecule has 2 heterocycles. The highest BCUT2D eigenvalue weighted by molar-refractivity contribution is 5.96. The van der Waals surface area contributed by atoms with E-state index in [2.05, 4.69) is 41.4 Å². The lowest BCUT2D eigenvalue weighted by atomic mass is 10.0. The fourth-order valence-corrected chi connectivity index (χ4v) is 3.43. The van der Waals surface area contributed by atoms with Gasteiger partial charge in [-0.25, -0.2) is 4.98 Å². The second-order valence-electron chi connectivity index (χ2n) is 7.05. The Bertz CT molecular complexity index is 994. The van der Waals surface area contributed by atoms with Crippen LogP contribution in [0, 0.1) is 13.8 Å². The number of rotatable bonds is 7. The Kier molecular flexibility index (Phi) is 5.99. The summed E-state index contributed by atoms with van der Waals surface area (Å²) in [6.45, 7) is 7.01. The SMILES string of the molecule is CCc1ccccc1CN(C)c1cc(C(=O)NCCO)cn2c(C)c(C)nc12. The van der Waals surface area contributed by atoms with Crippen molar-refractivity contribution in [1.82, 2.24) is 14.7 Å². The van der Waals surface area contributed by atoms with Crippen LogP contribution in [0.5, 0.6) is 0 Å². The summed E-state index contributed by atoms with van der Waals surface area (Å²) in [7, 11) is 2.02. The van der Waals surface area contributed by atoms with Crippen LogP contribution in [0.4, 0.5) is 5.69 Å². The molecular weight excluding hydrogens is 352 g/mol. The first-order chi connectivity index (χ1) is 13.5. The van der Waals surface area contributed by atoms with Gasteiger partial charge in [-0.3, -0.25) is 4.79 Å². The fourth-order valence-electron chi connectivity index (χ4n) is 3.43. The van der Waals surface area contributed by atoms with E-state index in [9.17, 15) is 4.79 Å². The largest absolute Gasteiger partial charge is 0.395 e. The number of hydrogen-bond donors (Lipinski definition) is 2. The molecule has 0 bridgehead atoms. The lowest BCUT2D eigenvalue weighted by molar-refractivity contribution is 0.0944. The number of benzene rings is 1. The lowest BCUT2D eigenvalue weighted by Gasteiger charge is -2.22. The van der Waals surface area contributed by atoms with Crippen molar-refractivity contribution < 1.29 is 9.90 Å². The van der Waals surface area contributed by atoms with Crippen LogP contribution in [-0.2, 0) is 13.0 Å². The van der Waals surface area contributed by atoms with Crippen LogP contribution in [0.3, 0.4) is 0 Å². The van der Waals surface area contributed by atoms with Gasteiger partial charge in [0.2, 0.25) is 0 Å². The number of amides is 1. The molecule has 0 atom stereocenters. The minimum absolute atomic E-state index is 0.0856. The molecule has 0 aliphatic rings. The fraction of sp³-hybridized carbons (Fsp3) is 0.364. The number of nitrogens with zero attached hydrogens (tertiary/aromatic N) is 3. The number of carbonyl (C=O) groups excluding carboxylic acids is 1. The van der Waals surface area contributed by atoms with E-state index in [0.29, 0.717) is 5.56 Å². The highest BCUT2D eigenvalue weighted by atomic mass is 16.3. The molecule has 1 aromatic carbocycles. The molecule has 0 aliphatic heterocycles. The average molecular weight is 380 g/mol. The summed E-state index contributed by atoms with van der Waals surface area (Å²) < 4.78 is 1.97. The standard InChI is InChI=1S/C22H28N4O2/c1-5-17-8-6-7-9-18(17)13-25(4)20-12-19(22(28)23-10-11-27)14-26-16(3)15(2)24-21(20)26/h6-9,12,14,27H,5,10-11,13H2,1-4H3,(H,23,28). The topological polar surface area (TPSA) is 69.9 Å². The molecule has 6 heteroatoms. The van der Waals surface area contributed by atoms with Crippen LogP contribution in [0.1, 0.15) is 39.8 Å². The molecule has 28 heavy (non-hydrogen) atoms. The molecule has 0 fully saturated rings. The minimum Gasteiger partial charge on any atom is -0.395 e. The summed E-state index contributed by atoms with van der Waals surface area (Å²) in [4.78, 5) is 19.4. The lowest BCUT2D eigenvalue weighted by Crippen LogP contribution is -2.27. The first kappa shape index (κ1) is 19.9. The number of aryl methyl sites for hydroxylation is 3. The molecule has 0 unspecified atom stereocenters. The number of carbonyl (C=O) groups is 1. The van der Waals surface area contributed by atoms with Gasteiger partial charge in [0.05, 0.1) is 23.6 Å². The van der Waals surface area contributed by atoms with Crippen molar-refractivity contribution in [2.75, 3.05) is 25.1 Å². The Morgan fingerprint density at radius 1 is 1.25 bits per heavy atom. The van der Waals surface area contributed by atoms with Crippen molar-refractivity contribution in [3.05, 3.63) is 64.6 Å². The van der Waals surface area contributed by atoms with Gasteiger partial charge in [0.15, 0.2) is 5.65 Å². The molecule has 2 N–H and O–H groups in total. The highest BCUT2D eigenvalue weighted by Crippen LogP contribution is 2.26. The van der Waals surface area contributed by atoms with E-state index in [1.807, 2.05) is 37.6 Å². The van der Waals surface area contributed by atoms with Gasteiger partial charge in [0, 0.05) is 32.0 Å². The number of aromatic nitrogens is 2. The van der Waals surface area contributed by atoms with Crippen LogP contribution in [0.2, 0.25) is 0 Å². The molecule has 1 amide bonds. The number of pyridine rings is 1. The zero-order valence-corrected chi connectivity index (χ0v) is 17.0. The van der Waals surface area contributed by atoms with Gasteiger partial charge < -0.3 is 19.7 Å². The van der Waals surface area contributed by atoms with Crippen molar-refractivity contribution in [3.63, 3.8) is 0 Å². The smallest absolute Gasteiger partial charge is 0.252 e. The van der Waals surface area contributed by atoms with E-state index in [1.165, 1.54) is 11.1 Å². The summed E-state index contributed by atoms with van der Waals surface area (Å²) in [5.74, 6) is -0.203. The summed E-state index contributed by atoms with van der Waals surface area (Å²) in [6, 6.07) is 10.3. The monoisotopic (exact) mass is 380 g/mol. The molecule has 0 saturated carbocycles. The normalized spacial score (nSPS) is 11.0. The summed E-state index contributed by atoms with van der Waals surface area (Å²) >= 11 is 0. The maximum Gasteiger partial charge on any atom is 0.252 e. The molecule has 0 saturated heterocycles. The van der Waals surface area contributed by atoms with Crippen molar-refractivity contribution in [2.24, 2.45) is 0 Å². The van der Waals surface area contributed by atoms with E-state index in [-0.39, 0.29) is 19.1 Å². The van der Waals surface area contributed by atoms with Gasteiger partial charge in [0.1, 0.15) is 0 Å². The molecular formula is C22H28N4O2. The number of hydrogen-bond acceptors (Lipinski definition) is 4. The molecule has 0 radical (unpaired) electrons. The maximum atomic E-state index is 12.5. The highest BCUT2D eigenvalue weighted by Gasteiger charge is 2.17. The molecule has 3 rings (SSSR count). The molecule has 0 aliphatic carbocycles. The van der Waals surface area contributed by atoms with E-state index in [4.69, 9.17) is 10.1 Å². The van der Waals surface area contributed by atoms with Crippen LogP contribution < -0.4 is 10.2 Å². The molecule has 0 spiro atoms. The number of fused-ring (bicyclic) bond motifs is 1. The Morgan fingerprint density at radius 3 is 2.64 bits per heavy atom. The molecule has 3 aromatic rings. The van der Waals surface area contributed by atoms with Crippen molar-refractivity contribution in [3.8, 4) is 0 Å². The summed E-state index contributed by atoms with van der Waals surface area (Å²) in [6.07, 6.45) is 2.79. The Balaban J connectivity index is 2.05. The zero-order valence-electron chi connectivity index (χ0n) is 17.0. The first-order valence-electron chi connectivity index (χ1n) is 9.62. The maximum absolute atomic E-state index is 12.5. The average Bonchev–Trinajstić information content (AvgIpc) is 2.99. The summed E-state index contributed by atoms with van der Waals surface area (Å²) in [5.41, 5.74) is 6.82. The van der Waals surface area contributed by atoms with E-state index >= 15 is 0 Å². The first-order valence-corrected chi connectivity index (χ1v) is 9.62. The number of nitrogens with one attached hydrogen (secondary N) is 1. The number of imidazole rings is 1. The Morgan fingerprint density at radius 2 is 1.96 bits per heavy atom. The van der Waals surface area contributed by atoms with Gasteiger partial charge in [-0.15, -0.1) is 0 Å². The van der Waals surface area contributed by atoms with Crippen molar-refractivity contribution in [2.45, 2.75) is 33.7 Å². The van der Waals surface area contributed by atoms with Crippen molar-refractivity contribution in [1.29, 1.82) is 0 Å². The van der Waals surface area contributed by atoms with Crippen LogP contribution >= 0.6 is 0 Å². The van der Waals surface area contributed by atoms with E-state index in [1.54, 1.807) is 0 Å². The minimum atomic E-state index is -0.203. The van der Waals surface area contributed by atoms with Gasteiger partial charge >= 0.3 is 0 Å². The summed E-state index contributed by atoms with van der Waals surface area (Å²) in [5, 5.41) is 11.7. The zero-order chi connectivity index (χ0) is 20.3. The second kappa shape index (κ2) is 8.44. The van der Waals surface area contributed by atoms with Crippen LogP contribution in [0.25, 0.3) is 5.65 Å². The van der Waals surface area contributed by atoms with Gasteiger partial charge in [-0.1, -0.05) is 31.2 Å². The quantitative estimate of drug-likeness (QED) is 0.661. The predicted molar refractivity (Wildman–Crippen MR) is 112 cm³/mol. The predicted octanol–water partition coefficient (Wildman–Crippen LogP) is 2.87. The van der Waals surface area contributed by atoms with E-state index in [0.717, 1.165) is 35.7 Å². The molecule has 6 nitrogen and oxygen atoms in total.